The Labute approximate surface area is 91.6 Å². The van der Waals surface area contributed by atoms with Gasteiger partial charge < -0.3 is 0 Å². The summed E-state index contributed by atoms with van der Waals surface area (Å²) in [5.74, 6) is -6.28. The molecular formula is C7H3F5O4S. The highest BCUT2D eigenvalue weighted by molar-refractivity contribution is 7.80. The van der Waals surface area contributed by atoms with Crippen molar-refractivity contribution in [3.63, 3.8) is 0 Å². The maximum atomic E-state index is 12.9. The molecule has 0 aromatic heterocycles. The Morgan fingerprint density at radius 1 is 1.12 bits per heavy atom. The first-order valence-electron chi connectivity index (χ1n) is 3.74. The molecule has 0 aliphatic heterocycles. The normalized spacial score (nSPS) is 12.8. The molecule has 1 aromatic rings. The van der Waals surface area contributed by atoms with Crippen LogP contribution in [-0.4, -0.2) is 13.0 Å². The quantitative estimate of drug-likeness (QED) is 0.521. The minimum atomic E-state index is -5.60. The van der Waals surface area contributed by atoms with Crippen molar-refractivity contribution in [1.82, 2.24) is 0 Å². The van der Waals surface area contributed by atoms with Crippen molar-refractivity contribution < 1.29 is 39.1 Å². The first-order chi connectivity index (χ1) is 7.54. The van der Waals surface area contributed by atoms with Gasteiger partial charge in [0.25, 0.3) is 0 Å². The van der Waals surface area contributed by atoms with Crippen molar-refractivity contribution in [3.05, 3.63) is 35.1 Å². The van der Waals surface area contributed by atoms with Crippen molar-refractivity contribution in [1.29, 1.82) is 0 Å². The molecule has 0 bridgehead atoms. The van der Waals surface area contributed by atoms with E-state index in [1.807, 2.05) is 0 Å². The number of alkyl halides is 2. The van der Waals surface area contributed by atoms with Crippen molar-refractivity contribution in [2.24, 2.45) is 0 Å². The fourth-order valence-corrected chi connectivity index (χ4v) is 1.28. The topological polar surface area (TPSA) is 63.6 Å². The molecular weight excluding hydrogens is 275 g/mol. The number of rotatable bonds is 3. The van der Waals surface area contributed by atoms with Crippen molar-refractivity contribution in [2.75, 3.05) is 0 Å². The second-order valence-corrected chi connectivity index (χ2v) is 3.77. The van der Waals surface area contributed by atoms with E-state index in [1.165, 1.54) is 0 Å². The molecule has 96 valence electrons. The van der Waals surface area contributed by atoms with E-state index in [0.717, 1.165) is 0 Å². The lowest BCUT2D eigenvalue weighted by Crippen LogP contribution is -2.24. The number of halogens is 5. The van der Waals surface area contributed by atoms with E-state index in [0.29, 0.717) is 0 Å². The average molecular weight is 278 g/mol. The Bertz CT molecular complexity index is 541. The maximum Gasteiger partial charge on any atom is 0.402 e. The Kier molecular flexibility index (Phi) is 3.41. The predicted octanol–water partition coefficient (Wildman–Crippen LogP) is 1.97. The summed E-state index contributed by atoms with van der Waals surface area (Å²) in [6.07, 6.45) is -4.87. The number of benzene rings is 1. The third-order valence-electron chi connectivity index (χ3n) is 1.56. The minimum Gasteiger partial charge on any atom is -0.263 e. The summed E-state index contributed by atoms with van der Waals surface area (Å²) in [7, 11) is -5.60. The fraction of sp³-hybridized carbons (Fsp3) is 0.143. The molecule has 1 aromatic carbocycles. The summed E-state index contributed by atoms with van der Waals surface area (Å²) in [5.41, 5.74) is -1.87. The van der Waals surface area contributed by atoms with E-state index in [9.17, 15) is 30.4 Å². The monoisotopic (exact) mass is 278 g/mol. The van der Waals surface area contributed by atoms with E-state index in [1.54, 1.807) is 0 Å². The van der Waals surface area contributed by atoms with Crippen LogP contribution in [0.5, 0.6) is 0 Å². The van der Waals surface area contributed by atoms with Crippen LogP contribution in [-0.2, 0) is 20.7 Å². The van der Waals surface area contributed by atoms with Gasteiger partial charge in [0.1, 0.15) is 0 Å². The largest absolute Gasteiger partial charge is 0.402 e. The number of hydrogen-bond donors (Lipinski definition) is 1. The zero-order chi connectivity index (χ0) is 13.4. The first kappa shape index (κ1) is 13.8. The summed E-state index contributed by atoms with van der Waals surface area (Å²) in [4.78, 5) is 0. The average Bonchev–Trinajstić information content (AvgIpc) is 2.09. The molecule has 1 N–H and O–H groups in total. The smallest absolute Gasteiger partial charge is 0.263 e. The molecule has 4 nitrogen and oxygen atoms in total. The van der Waals surface area contributed by atoms with Crippen LogP contribution in [0.25, 0.3) is 0 Å². The van der Waals surface area contributed by atoms with Gasteiger partial charge >= 0.3 is 16.5 Å². The summed E-state index contributed by atoms with van der Waals surface area (Å²) < 4.78 is 94.7. The lowest BCUT2D eigenvalue weighted by Gasteiger charge is -2.15. The van der Waals surface area contributed by atoms with Crippen LogP contribution in [0.2, 0.25) is 0 Å². The minimum absolute atomic E-state index is 0.0823. The molecule has 0 fully saturated rings. The summed E-state index contributed by atoms with van der Waals surface area (Å²) >= 11 is 0. The second-order valence-electron chi connectivity index (χ2n) is 2.75. The van der Waals surface area contributed by atoms with Crippen molar-refractivity contribution >= 4 is 10.4 Å². The third-order valence-corrected chi connectivity index (χ3v) is 1.98. The molecule has 0 aliphatic carbocycles. The van der Waals surface area contributed by atoms with Gasteiger partial charge in [-0.1, -0.05) is 0 Å². The van der Waals surface area contributed by atoms with E-state index in [2.05, 4.69) is 4.18 Å². The van der Waals surface area contributed by atoms with Gasteiger partial charge in [-0.2, -0.15) is 21.4 Å². The van der Waals surface area contributed by atoms with Gasteiger partial charge in [0.15, 0.2) is 17.5 Å². The van der Waals surface area contributed by atoms with Gasteiger partial charge in [0.05, 0.1) is 5.56 Å². The second kappa shape index (κ2) is 4.20. The molecule has 0 atom stereocenters. The molecule has 0 saturated heterocycles. The molecule has 17 heavy (non-hydrogen) atoms. The zero-order valence-electron chi connectivity index (χ0n) is 7.62. The van der Waals surface area contributed by atoms with Crippen LogP contribution in [0.3, 0.4) is 0 Å². The van der Waals surface area contributed by atoms with E-state index < -0.39 is 39.5 Å². The lowest BCUT2D eigenvalue weighted by atomic mass is 10.2. The Hall–Kier alpha value is -1.26. The van der Waals surface area contributed by atoms with E-state index in [-0.39, 0.29) is 12.1 Å². The molecule has 0 amide bonds. The maximum absolute atomic E-state index is 12.9. The third kappa shape index (κ3) is 3.11. The van der Waals surface area contributed by atoms with Crippen LogP contribution in [0.15, 0.2) is 12.1 Å². The summed E-state index contributed by atoms with van der Waals surface area (Å²) in [6.45, 7) is 0. The summed E-state index contributed by atoms with van der Waals surface area (Å²) in [5, 5.41) is 0. The standard InChI is InChI=1S/C7H3F5O4S/c8-4-2-1-3(5(9)6(4)10)7(11,12)16-17(13,14)15/h1-2H,(H,13,14,15). The summed E-state index contributed by atoms with van der Waals surface area (Å²) in [6, 6.07) is 0.230. The van der Waals surface area contributed by atoms with Crippen molar-refractivity contribution in [3.8, 4) is 0 Å². The van der Waals surface area contributed by atoms with Crippen LogP contribution in [0, 0.1) is 17.5 Å². The van der Waals surface area contributed by atoms with Gasteiger partial charge in [-0.05, 0) is 12.1 Å². The van der Waals surface area contributed by atoms with Gasteiger partial charge in [0.2, 0.25) is 0 Å². The van der Waals surface area contributed by atoms with E-state index in [4.69, 9.17) is 4.55 Å². The van der Waals surface area contributed by atoms with Crippen LogP contribution in [0.4, 0.5) is 22.0 Å². The molecule has 0 spiro atoms. The van der Waals surface area contributed by atoms with Crippen molar-refractivity contribution in [2.45, 2.75) is 6.11 Å². The highest BCUT2D eigenvalue weighted by atomic mass is 32.3. The predicted molar refractivity (Wildman–Crippen MR) is 42.8 cm³/mol. The Morgan fingerprint density at radius 3 is 2.12 bits per heavy atom. The van der Waals surface area contributed by atoms with Crippen LogP contribution in [0.1, 0.15) is 5.56 Å². The van der Waals surface area contributed by atoms with Crippen LogP contribution >= 0.6 is 0 Å². The van der Waals surface area contributed by atoms with Gasteiger partial charge in [-0.15, -0.1) is 0 Å². The number of hydrogen-bond acceptors (Lipinski definition) is 3. The Balaban J connectivity index is 3.29. The molecule has 0 radical (unpaired) electrons. The van der Waals surface area contributed by atoms with E-state index >= 15 is 0 Å². The molecule has 0 aliphatic rings. The highest BCUT2D eigenvalue weighted by Crippen LogP contribution is 2.33. The van der Waals surface area contributed by atoms with Gasteiger partial charge in [-0.25, -0.2) is 13.2 Å². The molecule has 0 saturated carbocycles. The van der Waals surface area contributed by atoms with Gasteiger partial charge in [-0.3, -0.25) is 4.55 Å². The van der Waals surface area contributed by atoms with Crippen LogP contribution < -0.4 is 0 Å². The Morgan fingerprint density at radius 2 is 1.65 bits per heavy atom. The molecule has 10 heteroatoms. The molecule has 1 rings (SSSR count). The zero-order valence-corrected chi connectivity index (χ0v) is 8.44. The highest BCUT2D eigenvalue weighted by Gasteiger charge is 2.42. The molecule has 0 heterocycles. The fourth-order valence-electron chi connectivity index (χ4n) is 0.928. The SMILES string of the molecule is O=S(=O)(O)OC(F)(F)c1ccc(F)c(F)c1F. The first-order valence-corrected chi connectivity index (χ1v) is 5.11. The van der Waals surface area contributed by atoms with Gasteiger partial charge in [0, 0.05) is 0 Å². The molecule has 0 unspecified atom stereocenters. The lowest BCUT2D eigenvalue weighted by molar-refractivity contribution is -0.188.